The van der Waals surface area contributed by atoms with Crippen LogP contribution < -0.4 is 0 Å². The first-order valence-corrected chi connectivity index (χ1v) is 25.0. The van der Waals surface area contributed by atoms with Crippen molar-refractivity contribution in [3.8, 4) is 0 Å². The van der Waals surface area contributed by atoms with Crippen molar-refractivity contribution in [3.05, 3.63) is 48.6 Å². The molecule has 0 aliphatic rings. The molecule has 0 aliphatic heterocycles. The highest BCUT2D eigenvalue weighted by molar-refractivity contribution is 7.47. The van der Waals surface area contributed by atoms with E-state index in [9.17, 15) is 44.0 Å². The first-order chi connectivity index (χ1) is 28.9. The van der Waals surface area contributed by atoms with Gasteiger partial charge in [-0.05, 0) is 31.6 Å². The van der Waals surface area contributed by atoms with Gasteiger partial charge in [-0.2, -0.15) is 0 Å². The zero-order chi connectivity index (χ0) is 45.8. The highest BCUT2D eigenvalue weighted by atomic mass is 31.2. The summed E-state index contributed by atoms with van der Waals surface area (Å²) in [5.74, 6) is -0.596. The van der Waals surface area contributed by atoms with Crippen LogP contribution in [0.15, 0.2) is 48.6 Å². The summed E-state index contributed by atoms with van der Waals surface area (Å²) in [6.45, 7) is 3.55. The van der Waals surface area contributed by atoms with Crippen molar-refractivity contribution in [3.63, 3.8) is 0 Å². The molecule has 0 aromatic rings. The van der Waals surface area contributed by atoms with Crippen LogP contribution in [0.5, 0.6) is 0 Å². The van der Waals surface area contributed by atoms with Gasteiger partial charge < -0.3 is 44.6 Å². The normalized spacial score (nSPS) is 16.1. The van der Waals surface area contributed by atoms with E-state index in [4.69, 9.17) is 23.8 Å². The molecular weight excluding hydrogens is 834 g/mol. The van der Waals surface area contributed by atoms with Gasteiger partial charge in [0.1, 0.15) is 12.7 Å². The number of allylic oxidation sites excluding steroid dienone is 6. The fraction of sp³-hybridized carbons (Fsp3) is 0.767. The van der Waals surface area contributed by atoms with Gasteiger partial charge in [0.05, 0.1) is 38.1 Å². The molecule has 0 rings (SSSR count). The van der Waals surface area contributed by atoms with Crippen molar-refractivity contribution < 1.29 is 76.9 Å². The summed E-state index contributed by atoms with van der Waals surface area (Å²) in [7, 11) is -9.81. The number of phosphoric ester groups is 2. The second kappa shape index (κ2) is 37.3. The molecule has 0 saturated heterocycles. The van der Waals surface area contributed by atoms with Crippen LogP contribution in [0.2, 0.25) is 0 Å². The van der Waals surface area contributed by atoms with E-state index in [1.165, 1.54) is 51.0 Å². The third kappa shape index (κ3) is 40.5. The quantitative estimate of drug-likeness (QED) is 0.0134. The van der Waals surface area contributed by atoms with Crippen LogP contribution in [-0.4, -0.2) is 104 Å². The Bertz CT molecular complexity index is 1330. The molecule has 7 N–H and O–H groups in total. The fourth-order valence-electron chi connectivity index (χ4n) is 5.74. The molecule has 0 spiro atoms. The maximum Gasteiger partial charge on any atom is 0.472 e. The lowest BCUT2D eigenvalue weighted by Crippen LogP contribution is -2.30. The Morgan fingerprint density at radius 1 is 0.557 bits per heavy atom. The number of aliphatic hydroxyl groups excluding tert-OH is 4. The van der Waals surface area contributed by atoms with E-state index < -0.39 is 84.5 Å². The first kappa shape index (κ1) is 59.0. The summed E-state index contributed by atoms with van der Waals surface area (Å²) >= 11 is 0. The number of hydrogen-bond acceptors (Lipinski definition) is 13. The third-order valence-corrected chi connectivity index (χ3v) is 10.7. The standard InChI is InChI=1S/C43H78O16P2/c1-4-5-19-26-37(44)27-21-16-13-14-17-22-28-40(46)41(47)29-24-31-43(49)59-39(35-58-61(53,54)57-33-38(45)32-56-60(50,51)52)34-55-42(48)30-23-18-12-10-8-6-7-9-11-15-20-25-36(2)3/h13-14,16-17,21-22,27-28,36-41,44-47H,4-12,15,18-20,23-26,29-35H2,1-3H3,(H,53,54)(H2,50,51,52)/b16-13-,17-14+,27-21+,28-22+/t37-,38-,39+,40-,41-/m0/s1. The molecule has 0 fully saturated rings. The van der Waals surface area contributed by atoms with Crippen LogP contribution in [0, 0.1) is 5.92 Å². The number of carbonyl (C=O) groups is 2. The lowest BCUT2D eigenvalue weighted by Gasteiger charge is -2.21. The highest BCUT2D eigenvalue weighted by Gasteiger charge is 2.28. The van der Waals surface area contributed by atoms with Gasteiger partial charge in [-0.1, -0.05) is 159 Å². The van der Waals surface area contributed by atoms with E-state index in [1.807, 2.05) is 0 Å². The molecule has 16 nitrogen and oxygen atoms in total. The van der Waals surface area contributed by atoms with Crippen LogP contribution in [0.25, 0.3) is 0 Å². The molecule has 0 aromatic carbocycles. The van der Waals surface area contributed by atoms with E-state index in [0.717, 1.165) is 57.3 Å². The molecule has 356 valence electrons. The molecule has 0 aromatic heterocycles. The predicted octanol–water partition coefficient (Wildman–Crippen LogP) is 7.83. The molecule has 0 aliphatic carbocycles. The number of hydrogen-bond donors (Lipinski definition) is 7. The summed E-state index contributed by atoms with van der Waals surface area (Å²) < 4.78 is 47.5. The molecule has 0 amide bonds. The van der Waals surface area contributed by atoms with Gasteiger partial charge in [0.2, 0.25) is 0 Å². The Labute approximate surface area is 364 Å². The maximum absolute atomic E-state index is 12.7. The Kier molecular flexibility index (Phi) is 36.1. The second-order valence-corrected chi connectivity index (χ2v) is 18.4. The van der Waals surface area contributed by atoms with Crippen LogP contribution in [0.4, 0.5) is 0 Å². The van der Waals surface area contributed by atoms with Crippen molar-refractivity contribution in [1.82, 2.24) is 0 Å². The monoisotopic (exact) mass is 912 g/mol. The minimum absolute atomic E-state index is 0.0259. The Hall–Kier alpha value is -2.04. The van der Waals surface area contributed by atoms with Gasteiger partial charge in [-0.3, -0.25) is 23.2 Å². The van der Waals surface area contributed by atoms with Gasteiger partial charge in [-0.25, -0.2) is 9.13 Å². The van der Waals surface area contributed by atoms with E-state index in [-0.39, 0.29) is 25.7 Å². The number of phosphoric acid groups is 2. The zero-order valence-electron chi connectivity index (χ0n) is 36.8. The largest absolute Gasteiger partial charge is 0.472 e. The molecule has 0 saturated carbocycles. The van der Waals surface area contributed by atoms with Crippen LogP contribution >= 0.6 is 15.6 Å². The highest BCUT2D eigenvalue weighted by Crippen LogP contribution is 2.43. The van der Waals surface area contributed by atoms with Gasteiger partial charge in [0.25, 0.3) is 0 Å². The average Bonchev–Trinajstić information content (AvgIpc) is 3.19. The first-order valence-electron chi connectivity index (χ1n) is 22.0. The molecule has 6 atom stereocenters. The summed E-state index contributed by atoms with van der Waals surface area (Å²) in [6, 6.07) is 0. The van der Waals surface area contributed by atoms with Gasteiger partial charge in [-0.15, -0.1) is 0 Å². The number of aliphatic hydroxyl groups is 4. The molecule has 18 heteroatoms. The Morgan fingerprint density at radius 3 is 1.66 bits per heavy atom. The van der Waals surface area contributed by atoms with E-state index >= 15 is 0 Å². The van der Waals surface area contributed by atoms with Gasteiger partial charge in [0.15, 0.2) is 6.10 Å². The molecule has 0 heterocycles. The molecule has 1 unspecified atom stereocenters. The van der Waals surface area contributed by atoms with Crippen LogP contribution in [0.3, 0.4) is 0 Å². The summed E-state index contributed by atoms with van der Waals surface area (Å²) in [6.07, 6.45) is 24.8. The van der Waals surface area contributed by atoms with E-state index in [0.29, 0.717) is 6.42 Å². The average molecular weight is 913 g/mol. The topological polar surface area (TPSA) is 256 Å². The number of ether oxygens (including phenoxy) is 2. The van der Waals surface area contributed by atoms with Crippen molar-refractivity contribution in [1.29, 1.82) is 0 Å². The zero-order valence-corrected chi connectivity index (χ0v) is 38.5. The molecule has 61 heavy (non-hydrogen) atoms. The summed E-state index contributed by atoms with van der Waals surface area (Å²) in [4.78, 5) is 52.7. The van der Waals surface area contributed by atoms with Crippen molar-refractivity contribution >= 4 is 27.6 Å². The van der Waals surface area contributed by atoms with E-state index in [2.05, 4.69) is 29.8 Å². The number of rotatable bonds is 40. The predicted molar refractivity (Wildman–Crippen MR) is 234 cm³/mol. The molecular formula is C43H78O16P2. The fourth-order valence-corrected chi connectivity index (χ4v) is 6.90. The lowest BCUT2D eigenvalue weighted by atomic mass is 10.0. The van der Waals surface area contributed by atoms with Gasteiger partial charge in [0, 0.05) is 12.8 Å². The second-order valence-electron chi connectivity index (χ2n) is 15.7. The third-order valence-electron chi connectivity index (χ3n) is 9.26. The summed E-state index contributed by atoms with van der Waals surface area (Å²) in [5.41, 5.74) is 0. The molecule has 0 radical (unpaired) electrons. The van der Waals surface area contributed by atoms with Crippen molar-refractivity contribution in [2.45, 2.75) is 180 Å². The van der Waals surface area contributed by atoms with E-state index in [1.54, 1.807) is 42.5 Å². The maximum atomic E-state index is 12.7. The summed E-state index contributed by atoms with van der Waals surface area (Å²) in [5, 5.41) is 40.3. The lowest BCUT2D eigenvalue weighted by molar-refractivity contribution is -0.161. The minimum atomic E-state index is -4.91. The minimum Gasteiger partial charge on any atom is -0.462 e. The smallest absolute Gasteiger partial charge is 0.462 e. The number of carbonyl (C=O) groups excluding carboxylic acids is 2. The Balaban J connectivity index is 4.85. The van der Waals surface area contributed by atoms with Crippen molar-refractivity contribution in [2.75, 3.05) is 26.4 Å². The van der Waals surface area contributed by atoms with Crippen molar-refractivity contribution in [2.24, 2.45) is 5.92 Å². The Morgan fingerprint density at radius 2 is 1.07 bits per heavy atom. The SMILES string of the molecule is CCCCC[C@H](O)/C=C/C=C\C=C\C=C\[C@H](O)[C@@H](O)CCCC(=O)O[C@H](COC(=O)CCCCCCCCCCCCCC(C)C)COP(=O)(O)OC[C@@H](O)COP(=O)(O)O. The number of esters is 2. The van der Waals surface area contributed by atoms with Gasteiger partial charge >= 0.3 is 27.6 Å². The molecule has 0 bridgehead atoms. The number of unbranched alkanes of at least 4 members (excludes halogenated alkanes) is 12. The van der Waals surface area contributed by atoms with Crippen LogP contribution in [0.1, 0.15) is 149 Å². The van der Waals surface area contributed by atoms with Crippen LogP contribution in [-0.2, 0) is 41.8 Å².